The van der Waals surface area contributed by atoms with Crippen molar-refractivity contribution in [3.8, 4) is 0 Å². The van der Waals surface area contributed by atoms with Gasteiger partial charge in [-0.15, -0.1) is 0 Å². The summed E-state index contributed by atoms with van der Waals surface area (Å²) < 4.78 is 0. The van der Waals surface area contributed by atoms with Crippen molar-refractivity contribution < 1.29 is 14.7 Å². The van der Waals surface area contributed by atoms with Gasteiger partial charge in [-0.05, 0) is 30.0 Å². The first-order valence-electron chi connectivity index (χ1n) is 8.81. The van der Waals surface area contributed by atoms with Crippen LogP contribution in [0, 0.1) is 0 Å². The molecule has 0 saturated heterocycles. The second-order valence-corrected chi connectivity index (χ2v) is 7.05. The third-order valence-electron chi connectivity index (χ3n) is 5.72. The molecule has 4 rings (SSSR count). The zero-order valence-electron chi connectivity index (χ0n) is 14.0. The van der Waals surface area contributed by atoms with Crippen LogP contribution in [0.5, 0.6) is 0 Å². The zero-order chi connectivity index (χ0) is 17.4. The first kappa shape index (κ1) is 15.9. The fraction of sp³-hybridized carbons (Fsp3) is 0.333. The molecule has 0 radical (unpaired) electrons. The third kappa shape index (κ3) is 2.44. The Morgan fingerprint density at radius 1 is 1.04 bits per heavy atom. The molecule has 1 saturated carbocycles. The molecule has 1 atom stereocenters. The van der Waals surface area contributed by atoms with Gasteiger partial charge in [-0.25, -0.2) is 0 Å². The molecule has 0 bridgehead atoms. The lowest BCUT2D eigenvalue weighted by molar-refractivity contribution is -0.143. The molecule has 1 spiro atoms. The maximum absolute atomic E-state index is 13.3. The molecule has 1 heterocycles. The summed E-state index contributed by atoms with van der Waals surface area (Å²) in [5, 5.41) is 10.0. The lowest BCUT2D eigenvalue weighted by Gasteiger charge is -2.49. The summed E-state index contributed by atoms with van der Waals surface area (Å²) >= 11 is 0. The number of carboxylic acids is 1. The minimum Gasteiger partial charge on any atom is -0.481 e. The lowest BCUT2D eigenvalue weighted by atomic mass is 9.71. The fourth-order valence-electron chi connectivity index (χ4n) is 4.64. The molecule has 1 unspecified atom stereocenters. The first-order chi connectivity index (χ1) is 12.1. The number of amides is 1. The van der Waals surface area contributed by atoms with Crippen molar-refractivity contribution in [3.05, 3.63) is 71.3 Å². The largest absolute Gasteiger partial charge is 0.481 e. The van der Waals surface area contributed by atoms with Crippen LogP contribution in [-0.2, 0) is 11.3 Å². The molecule has 1 amide bonds. The highest BCUT2D eigenvalue weighted by Gasteiger charge is 2.55. The smallest absolute Gasteiger partial charge is 0.313 e. The minimum absolute atomic E-state index is 0.0427. The van der Waals surface area contributed by atoms with Crippen molar-refractivity contribution in [2.24, 2.45) is 0 Å². The fourth-order valence-corrected chi connectivity index (χ4v) is 4.64. The van der Waals surface area contributed by atoms with Gasteiger partial charge in [0.15, 0.2) is 0 Å². The normalized spacial score (nSPS) is 21.4. The van der Waals surface area contributed by atoms with Gasteiger partial charge >= 0.3 is 5.97 Å². The van der Waals surface area contributed by atoms with E-state index >= 15 is 0 Å². The maximum Gasteiger partial charge on any atom is 0.313 e. The number of carboxylic acid groups (broad SMARTS) is 1. The molecule has 4 heteroatoms. The Morgan fingerprint density at radius 3 is 2.36 bits per heavy atom. The van der Waals surface area contributed by atoms with Gasteiger partial charge in [0, 0.05) is 12.1 Å². The standard InChI is InChI=1S/C21H21NO3/c23-19-17-11-5-4-10-16(17)18(20(24)25)21(12-6-7-13-21)22(19)14-15-8-2-1-3-9-15/h1-5,8-11,18H,6-7,12-14H2,(H,24,25). The Hall–Kier alpha value is -2.62. The van der Waals surface area contributed by atoms with Gasteiger partial charge in [0.2, 0.25) is 0 Å². The van der Waals surface area contributed by atoms with Crippen LogP contribution in [0.2, 0.25) is 0 Å². The summed E-state index contributed by atoms with van der Waals surface area (Å²) in [6, 6.07) is 17.0. The summed E-state index contributed by atoms with van der Waals surface area (Å²) in [4.78, 5) is 27.4. The predicted octanol–water partition coefficient (Wildman–Crippen LogP) is 3.82. The third-order valence-corrected chi connectivity index (χ3v) is 5.72. The highest BCUT2D eigenvalue weighted by atomic mass is 16.4. The van der Waals surface area contributed by atoms with Gasteiger partial charge in [0.05, 0.1) is 5.54 Å². The van der Waals surface area contributed by atoms with E-state index in [1.54, 1.807) is 6.07 Å². The molecule has 2 aliphatic rings. The van der Waals surface area contributed by atoms with E-state index < -0.39 is 17.4 Å². The van der Waals surface area contributed by atoms with Gasteiger partial charge in [0.1, 0.15) is 5.92 Å². The first-order valence-corrected chi connectivity index (χ1v) is 8.81. The Kier molecular flexibility index (Phi) is 3.83. The highest BCUT2D eigenvalue weighted by Crippen LogP contribution is 2.50. The number of rotatable bonds is 3. The summed E-state index contributed by atoms with van der Waals surface area (Å²) in [6.07, 6.45) is 3.42. The van der Waals surface area contributed by atoms with Gasteiger partial charge in [-0.2, -0.15) is 0 Å². The van der Waals surface area contributed by atoms with Crippen molar-refractivity contribution in [2.45, 2.75) is 43.7 Å². The number of benzene rings is 2. The Bertz CT molecular complexity index is 809. The van der Waals surface area contributed by atoms with Crippen LogP contribution >= 0.6 is 0 Å². The quantitative estimate of drug-likeness (QED) is 0.927. The Labute approximate surface area is 147 Å². The SMILES string of the molecule is O=C(O)C1c2ccccc2C(=O)N(Cc2ccccc2)C12CCCC2. The monoisotopic (exact) mass is 335 g/mol. The van der Waals surface area contributed by atoms with E-state index in [0.717, 1.165) is 31.2 Å². The minimum atomic E-state index is -0.833. The molecular weight excluding hydrogens is 314 g/mol. The average molecular weight is 335 g/mol. The highest BCUT2D eigenvalue weighted by molar-refractivity contribution is 6.01. The second-order valence-electron chi connectivity index (χ2n) is 7.05. The van der Waals surface area contributed by atoms with E-state index in [4.69, 9.17) is 0 Å². The van der Waals surface area contributed by atoms with Crippen LogP contribution in [0.15, 0.2) is 54.6 Å². The van der Waals surface area contributed by atoms with E-state index in [-0.39, 0.29) is 5.91 Å². The van der Waals surface area contributed by atoms with E-state index in [2.05, 4.69) is 0 Å². The van der Waals surface area contributed by atoms with Crippen molar-refractivity contribution >= 4 is 11.9 Å². The summed E-state index contributed by atoms with van der Waals surface area (Å²) in [5.74, 6) is -1.54. The van der Waals surface area contributed by atoms with E-state index in [1.165, 1.54) is 0 Å². The van der Waals surface area contributed by atoms with Gasteiger partial charge in [0.25, 0.3) is 5.91 Å². The number of nitrogens with zero attached hydrogens (tertiary/aromatic N) is 1. The Morgan fingerprint density at radius 2 is 1.68 bits per heavy atom. The van der Waals surface area contributed by atoms with Gasteiger partial charge in [-0.1, -0.05) is 61.4 Å². The molecule has 1 N–H and O–H groups in total. The summed E-state index contributed by atoms with van der Waals surface area (Å²) in [6.45, 7) is 0.456. The van der Waals surface area contributed by atoms with Crippen LogP contribution in [0.3, 0.4) is 0 Å². The topological polar surface area (TPSA) is 57.6 Å². The van der Waals surface area contributed by atoms with Crippen molar-refractivity contribution in [2.75, 3.05) is 0 Å². The molecule has 1 fully saturated rings. The van der Waals surface area contributed by atoms with Crippen molar-refractivity contribution in [1.82, 2.24) is 4.90 Å². The van der Waals surface area contributed by atoms with Crippen molar-refractivity contribution in [3.63, 3.8) is 0 Å². The van der Waals surface area contributed by atoms with E-state index in [9.17, 15) is 14.7 Å². The zero-order valence-corrected chi connectivity index (χ0v) is 14.0. The number of fused-ring (bicyclic) bond motifs is 1. The molecule has 1 aliphatic heterocycles. The summed E-state index contributed by atoms with van der Waals surface area (Å²) in [7, 11) is 0. The summed E-state index contributed by atoms with van der Waals surface area (Å²) in [5.41, 5.74) is 1.62. The number of hydrogen-bond donors (Lipinski definition) is 1. The van der Waals surface area contributed by atoms with Crippen LogP contribution in [-0.4, -0.2) is 27.4 Å². The van der Waals surface area contributed by atoms with E-state index in [1.807, 2.05) is 53.4 Å². The van der Waals surface area contributed by atoms with Crippen LogP contribution < -0.4 is 0 Å². The molecule has 1 aliphatic carbocycles. The van der Waals surface area contributed by atoms with Crippen LogP contribution in [0.4, 0.5) is 0 Å². The maximum atomic E-state index is 13.3. The van der Waals surface area contributed by atoms with Gasteiger partial charge < -0.3 is 10.0 Å². The van der Waals surface area contributed by atoms with Gasteiger partial charge in [-0.3, -0.25) is 9.59 Å². The van der Waals surface area contributed by atoms with E-state index in [0.29, 0.717) is 17.7 Å². The average Bonchev–Trinajstić information content (AvgIpc) is 3.09. The van der Waals surface area contributed by atoms with Crippen molar-refractivity contribution in [1.29, 1.82) is 0 Å². The molecule has 2 aromatic carbocycles. The molecular formula is C21H21NO3. The number of hydrogen-bond acceptors (Lipinski definition) is 2. The molecule has 128 valence electrons. The lowest BCUT2D eigenvalue weighted by Crippen LogP contribution is -2.58. The van der Waals surface area contributed by atoms with Crippen LogP contribution in [0.25, 0.3) is 0 Å². The molecule has 25 heavy (non-hydrogen) atoms. The van der Waals surface area contributed by atoms with Crippen LogP contribution in [0.1, 0.15) is 53.1 Å². The Balaban J connectivity index is 1.87. The second kappa shape index (κ2) is 6.03. The number of aliphatic carboxylic acids is 1. The predicted molar refractivity (Wildman–Crippen MR) is 94.3 cm³/mol. The number of carbonyl (C=O) groups excluding carboxylic acids is 1. The molecule has 0 aromatic heterocycles. The molecule has 4 nitrogen and oxygen atoms in total. The molecule has 2 aromatic rings. The number of carbonyl (C=O) groups is 2.